The summed E-state index contributed by atoms with van der Waals surface area (Å²) in [5.41, 5.74) is 5.48. The maximum Gasteiger partial charge on any atom is 0.138 e. The largest absolute Gasteiger partial charge is 0.330 e. The third-order valence-electron chi connectivity index (χ3n) is 1.74. The number of rotatable bonds is 3. The molecule has 0 aliphatic rings. The van der Waals surface area contributed by atoms with Gasteiger partial charge in [0.2, 0.25) is 0 Å². The minimum absolute atomic E-state index is 0.484. The molecule has 0 spiro atoms. The van der Waals surface area contributed by atoms with E-state index in [1.54, 1.807) is 11.0 Å². The quantitative estimate of drug-likeness (QED) is 0.664. The van der Waals surface area contributed by atoms with Crippen LogP contribution < -0.4 is 5.73 Å². The number of hydrogen-bond donors (Lipinski definition) is 1. The zero-order valence-electron chi connectivity index (χ0n) is 6.99. The van der Waals surface area contributed by atoms with E-state index in [-0.39, 0.29) is 0 Å². The van der Waals surface area contributed by atoms with Crippen LogP contribution >= 0.6 is 0 Å². The van der Waals surface area contributed by atoms with Crippen LogP contribution in [-0.4, -0.2) is 21.3 Å². The summed E-state index contributed by atoms with van der Waals surface area (Å²) in [5, 5.41) is 3.97. The molecule has 0 aliphatic heterocycles. The van der Waals surface area contributed by atoms with Crippen molar-refractivity contribution in [3.05, 3.63) is 12.2 Å². The van der Waals surface area contributed by atoms with Crippen molar-refractivity contribution in [2.75, 3.05) is 6.54 Å². The molecule has 0 fully saturated rings. The molecule has 1 atom stereocenters. The lowest BCUT2D eigenvalue weighted by Gasteiger charge is -2.05. The van der Waals surface area contributed by atoms with Crippen LogP contribution in [0.15, 0.2) is 6.33 Å². The first kappa shape index (κ1) is 8.20. The van der Waals surface area contributed by atoms with Gasteiger partial charge in [-0.25, -0.2) is 4.98 Å². The summed E-state index contributed by atoms with van der Waals surface area (Å²) < 4.78 is 1.78. The van der Waals surface area contributed by atoms with Crippen LogP contribution in [0.4, 0.5) is 0 Å². The van der Waals surface area contributed by atoms with Crippen molar-refractivity contribution >= 4 is 0 Å². The molecule has 1 aromatic heterocycles. The number of aromatic nitrogens is 3. The van der Waals surface area contributed by atoms with E-state index in [1.165, 1.54) is 0 Å². The topological polar surface area (TPSA) is 56.7 Å². The van der Waals surface area contributed by atoms with Crippen molar-refractivity contribution in [3.8, 4) is 0 Å². The Morgan fingerprint density at radius 2 is 2.45 bits per heavy atom. The molecule has 0 saturated carbocycles. The van der Waals surface area contributed by atoms with E-state index in [9.17, 15) is 0 Å². The molecule has 0 aliphatic carbocycles. The Morgan fingerprint density at radius 1 is 1.73 bits per heavy atom. The molecule has 0 saturated heterocycles. The van der Waals surface area contributed by atoms with Gasteiger partial charge in [0.1, 0.15) is 12.2 Å². The van der Waals surface area contributed by atoms with Crippen LogP contribution in [0.25, 0.3) is 0 Å². The molecule has 1 unspecified atom stereocenters. The smallest absolute Gasteiger partial charge is 0.138 e. The molecule has 1 rings (SSSR count). The minimum Gasteiger partial charge on any atom is -0.330 e. The average Bonchev–Trinajstić information content (AvgIpc) is 2.37. The summed E-state index contributed by atoms with van der Waals surface area (Å²) in [5.74, 6) is 1.49. The van der Waals surface area contributed by atoms with E-state index >= 15 is 0 Å². The van der Waals surface area contributed by atoms with Crippen LogP contribution in [0.2, 0.25) is 0 Å². The Balaban J connectivity index is 2.56. The Morgan fingerprint density at radius 3 is 2.91 bits per heavy atom. The molecule has 4 heteroatoms. The van der Waals surface area contributed by atoms with Crippen LogP contribution in [0, 0.1) is 5.92 Å². The summed E-state index contributed by atoms with van der Waals surface area (Å²) in [6.45, 7) is 2.81. The standard InChI is InChI=1S/C7H14N4/c1-6(4-8)3-7-9-5-10-11(7)2/h5-6H,3-4,8H2,1-2H3. The third kappa shape index (κ3) is 2.01. The second-order valence-corrected chi connectivity index (χ2v) is 2.84. The summed E-state index contributed by atoms with van der Waals surface area (Å²) in [7, 11) is 1.89. The third-order valence-corrected chi connectivity index (χ3v) is 1.74. The lowest BCUT2D eigenvalue weighted by Crippen LogP contribution is -2.15. The molecule has 0 bridgehead atoms. The van der Waals surface area contributed by atoms with Gasteiger partial charge in [0.15, 0.2) is 0 Å². The Bertz CT molecular complexity index is 218. The number of nitrogens with zero attached hydrogens (tertiary/aromatic N) is 3. The van der Waals surface area contributed by atoms with E-state index in [1.807, 2.05) is 7.05 Å². The van der Waals surface area contributed by atoms with Crippen molar-refractivity contribution in [3.63, 3.8) is 0 Å². The van der Waals surface area contributed by atoms with E-state index in [4.69, 9.17) is 5.73 Å². The fourth-order valence-electron chi connectivity index (χ4n) is 0.900. The van der Waals surface area contributed by atoms with Gasteiger partial charge in [0.25, 0.3) is 0 Å². The lowest BCUT2D eigenvalue weighted by atomic mass is 10.1. The predicted molar refractivity (Wildman–Crippen MR) is 42.9 cm³/mol. The summed E-state index contributed by atoms with van der Waals surface area (Å²) >= 11 is 0. The van der Waals surface area contributed by atoms with Crippen LogP contribution in [0.1, 0.15) is 12.7 Å². The van der Waals surface area contributed by atoms with E-state index in [0.29, 0.717) is 12.5 Å². The Kier molecular flexibility index (Phi) is 2.59. The normalized spacial score (nSPS) is 13.4. The first-order valence-electron chi connectivity index (χ1n) is 3.77. The van der Waals surface area contributed by atoms with Gasteiger partial charge < -0.3 is 5.73 Å². The highest BCUT2D eigenvalue weighted by Gasteiger charge is 2.05. The molecular formula is C7H14N4. The van der Waals surface area contributed by atoms with Gasteiger partial charge in [-0.15, -0.1) is 0 Å². The van der Waals surface area contributed by atoms with Crippen molar-refractivity contribution in [2.45, 2.75) is 13.3 Å². The molecule has 1 aromatic rings. The summed E-state index contributed by atoms with van der Waals surface area (Å²) in [6, 6.07) is 0. The predicted octanol–water partition coefficient (Wildman–Crippen LogP) is -0.0476. The fraction of sp³-hybridized carbons (Fsp3) is 0.714. The molecule has 1 heterocycles. The van der Waals surface area contributed by atoms with Gasteiger partial charge in [-0.2, -0.15) is 5.10 Å². The molecule has 0 radical (unpaired) electrons. The monoisotopic (exact) mass is 154 g/mol. The van der Waals surface area contributed by atoms with Gasteiger partial charge in [-0.1, -0.05) is 6.92 Å². The molecule has 11 heavy (non-hydrogen) atoms. The van der Waals surface area contributed by atoms with Crippen molar-refractivity contribution in [1.29, 1.82) is 0 Å². The van der Waals surface area contributed by atoms with Crippen LogP contribution in [0.3, 0.4) is 0 Å². The fourth-order valence-corrected chi connectivity index (χ4v) is 0.900. The van der Waals surface area contributed by atoms with Gasteiger partial charge >= 0.3 is 0 Å². The van der Waals surface area contributed by atoms with E-state index in [0.717, 1.165) is 12.2 Å². The molecule has 62 valence electrons. The van der Waals surface area contributed by atoms with Crippen molar-refractivity contribution < 1.29 is 0 Å². The second kappa shape index (κ2) is 3.48. The molecule has 0 amide bonds. The Hall–Kier alpha value is -0.900. The Labute approximate surface area is 66.4 Å². The zero-order chi connectivity index (χ0) is 8.27. The minimum atomic E-state index is 0.484. The van der Waals surface area contributed by atoms with Crippen molar-refractivity contribution in [1.82, 2.24) is 14.8 Å². The average molecular weight is 154 g/mol. The highest BCUT2D eigenvalue weighted by Crippen LogP contribution is 2.01. The number of aryl methyl sites for hydroxylation is 1. The number of nitrogens with two attached hydrogens (primary N) is 1. The molecule has 2 N–H and O–H groups in total. The SMILES string of the molecule is CC(CN)Cc1ncnn1C. The van der Waals surface area contributed by atoms with Crippen LogP contribution in [-0.2, 0) is 13.5 Å². The number of hydrogen-bond acceptors (Lipinski definition) is 3. The summed E-state index contributed by atoms with van der Waals surface area (Å²) in [6.07, 6.45) is 2.48. The molecular weight excluding hydrogens is 140 g/mol. The molecule has 4 nitrogen and oxygen atoms in total. The van der Waals surface area contributed by atoms with Gasteiger partial charge in [-0.3, -0.25) is 4.68 Å². The maximum absolute atomic E-state index is 5.48. The van der Waals surface area contributed by atoms with E-state index < -0.39 is 0 Å². The maximum atomic E-state index is 5.48. The highest BCUT2D eigenvalue weighted by atomic mass is 15.3. The van der Waals surface area contributed by atoms with E-state index in [2.05, 4.69) is 17.0 Å². The zero-order valence-corrected chi connectivity index (χ0v) is 6.99. The van der Waals surface area contributed by atoms with Crippen LogP contribution in [0.5, 0.6) is 0 Å². The first-order chi connectivity index (χ1) is 5.24. The second-order valence-electron chi connectivity index (χ2n) is 2.84. The molecule has 0 aromatic carbocycles. The van der Waals surface area contributed by atoms with Gasteiger partial charge in [-0.05, 0) is 12.5 Å². The summed E-state index contributed by atoms with van der Waals surface area (Å²) in [4.78, 5) is 4.10. The van der Waals surface area contributed by atoms with Crippen molar-refractivity contribution in [2.24, 2.45) is 18.7 Å². The first-order valence-corrected chi connectivity index (χ1v) is 3.77. The van der Waals surface area contributed by atoms with Gasteiger partial charge in [0.05, 0.1) is 0 Å². The lowest BCUT2D eigenvalue weighted by molar-refractivity contribution is 0.550. The van der Waals surface area contributed by atoms with Gasteiger partial charge in [0, 0.05) is 13.5 Å². The highest BCUT2D eigenvalue weighted by molar-refractivity contribution is 4.85.